The first-order valence-electron chi connectivity index (χ1n) is 10.7. The predicted octanol–water partition coefficient (Wildman–Crippen LogP) is 3.79. The van der Waals surface area contributed by atoms with Gasteiger partial charge in [0.15, 0.2) is 21.4 Å². The normalized spacial score (nSPS) is 12.5. The van der Waals surface area contributed by atoms with Gasteiger partial charge in [-0.1, -0.05) is 12.1 Å². The molecule has 10 heteroatoms. The molecule has 4 rings (SSSR count). The topological polar surface area (TPSA) is 109 Å². The SMILES string of the molecule is COc1cccc(OC)c1-n1c(CS(=O)(=O)[C@H](C)Cc2ccc(C)cn2)nnc1-c1ccco1. The van der Waals surface area contributed by atoms with E-state index in [2.05, 4.69) is 15.2 Å². The minimum atomic E-state index is -3.62. The fourth-order valence-electron chi connectivity index (χ4n) is 3.63. The molecule has 178 valence electrons. The van der Waals surface area contributed by atoms with Crippen LogP contribution in [0, 0.1) is 6.92 Å². The average molecular weight is 483 g/mol. The molecule has 1 atom stereocenters. The molecular formula is C24H26N4O5S. The van der Waals surface area contributed by atoms with Crippen molar-refractivity contribution in [2.75, 3.05) is 14.2 Å². The fourth-order valence-corrected chi connectivity index (χ4v) is 4.88. The smallest absolute Gasteiger partial charge is 0.204 e. The van der Waals surface area contributed by atoms with Gasteiger partial charge in [0.25, 0.3) is 0 Å². The Morgan fingerprint density at radius 1 is 1.03 bits per heavy atom. The highest BCUT2D eigenvalue weighted by Crippen LogP contribution is 2.36. The lowest BCUT2D eigenvalue weighted by Crippen LogP contribution is -2.24. The summed E-state index contributed by atoms with van der Waals surface area (Å²) in [4.78, 5) is 4.34. The van der Waals surface area contributed by atoms with Gasteiger partial charge >= 0.3 is 0 Å². The van der Waals surface area contributed by atoms with Gasteiger partial charge in [0, 0.05) is 18.3 Å². The monoisotopic (exact) mass is 482 g/mol. The number of nitrogens with zero attached hydrogens (tertiary/aromatic N) is 4. The second-order valence-electron chi connectivity index (χ2n) is 7.91. The molecule has 0 aliphatic rings. The zero-order valence-electron chi connectivity index (χ0n) is 19.4. The third-order valence-corrected chi connectivity index (χ3v) is 7.56. The number of aryl methyl sites for hydroxylation is 1. The number of ether oxygens (including phenoxy) is 2. The van der Waals surface area contributed by atoms with Crippen LogP contribution in [-0.4, -0.2) is 47.6 Å². The van der Waals surface area contributed by atoms with Crippen molar-refractivity contribution >= 4 is 9.84 Å². The summed E-state index contributed by atoms with van der Waals surface area (Å²) in [5.41, 5.74) is 2.22. The standard InChI is InChI=1S/C24H26N4O5S/c1-16-10-11-18(25-14-16)13-17(2)34(29,30)15-22-26-27-24(21-9-6-12-33-21)28(22)23-19(31-3)7-5-8-20(23)32-4/h5-12,14,17H,13,15H2,1-4H3/t17-/m1/s1. The minimum Gasteiger partial charge on any atom is -0.494 e. The molecule has 34 heavy (non-hydrogen) atoms. The van der Waals surface area contributed by atoms with E-state index in [1.807, 2.05) is 19.1 Å². The van der Waals surface area contributed by atoms with Gasteiger partial charge in [-0.2, -0.15) is 0 Å². The van der Waals surface area contributed by atoms with Gasteiger partial charge < -0.3 is 13.9 Å². The first-order chi connectivity index (χ1) is 16.3. The van der Waals surface area contributed by atoms with Gasteiger partial charge in [-0.05, 0) is 49.7 Å². The highest BCUT2D eigenvalue weighted by molar-refractivity contribution is 7.91. The maximum Gasteiger partial charge on any atom is 0.204 e. The second kappa shape index (κ2) is 9.68. The lowest BCUT2D eigenvalue weighted by molar-refractivity contribution is 0.390. The zero-order chi connectivity index (χ0) is 24.3. The Labute approximate surface area is 198 Å². The van der Waals surface area contributed by atoms with Crippen molar-refractivity contribution in [3.05, 3.63) is 72.0 Å². The van der Waals surface area contributed by atoms with Crippen LogP contribution < -0.4 is 9.47 Å². The number of methoxy groups -OCH3 is 2. The van der Waals surface area contributed by atoms with Crippen LogP contribution >= 0.6 is 0 Å². The molecule has 0 N–H and O–H groups in total. The first-order valence-corrected chi connectivity index (χ1v) is 12.4. The molecular weight excluding hydrogens is 456 g/mol. The van der Waals surface area contributed by atoms with Gasteiger partial charge in [-0.15, -0.1) is 10.2 Å². The maximum absolute atomic E-state index is 13.4. The van der Waals surface area contributed by atoms with Crippen LogP contribution in [0.25, 0.3) is 17.3 Å². The predicted molar refractivity (Wildman–Crippen MR) is 127 cm³/mol. The van der Waals surface area contributed by atoms with Crippen molar-refractivity contribution in [3.8, 4) is 28.8 Å². The average Bonchev–Trinajstić information content (AvgIpc) is 3.49. The van der Waals surface area contributed by atoms with E-state index in [9.17, 15) is 8.42 Å². The Balaban J connectivity index is 1.77. The number of pyridine rings is 1. The van der Waals surface area contributed by atoms with E-state index in [0.29, 0.717) is 40.9 Å². The largest absolute Gasteiger partial charge is 0.494 e. The van der Waals surface area contributed by atoms with Gasteiger partial charge in [0.1, 0.15) is 22.9 Å². The number of furan rings is 1. The lowest BCUT2D eigenvalue weighted by Gasteiger charge is -2.18. The Bertz CT molecular complexity index is 1340. The van der Waals surface area contributed by atoms with Crippen LogP contribution in [0.15, 0.2) is 59.3 Å². The molecule has 0 bridgehead atoms. The van der Waals surface area contributed by atoms with Gasteiger partial charge in [0.2, 0.25) is 5.82 Å². The highest BCUT2D eigenvalue weighted by Gasteiger charge is 2.29. The van der Waals surface area contributed by atoms with Crippen molar-refractivity contribution in [2.24, 2.45) is 0 Å². The number of aromatic nitrogens is 4. The van der Waals surface area contributed by atoms with E-state index >= 15 is 0 Å². The first kappa shape index (κ1) is 23.5. The number of para-hydroxylation sites is 1. The van der Waals surface area contributed by atoms with Crippen molar-refractivity contribution in [1.82, 2.24) is 19.7 Å². The fraction of sp³-hybridized carbons (Fsp3) is 0.292. The van der Waals surface area contributed by atoms with E-state index < -0.39 is 15.1 Å². The quantitative estimate of drug-likeness (QED) is 0.354. The number of hydrogen-bond acceptors (Lipinski definition) is 8. The lowest BCUT2D eigenvalue weighted by atomic mass is 10.2. The van der Waals surface area contributed by atoms with Crippen molar-refractivity contribution in [2.45, 2.75) is 31.3 Å². The van der Waals surface area contributed by atoms with E-state index in [1.165, 1.54) is 20.5 Å². The minimum absolute atomic E-state index is 0.220. The molecule has 9 nitrogen and oxygen atoms in total. The summed E-state index contributed by atoms with van der Waals surface area (Å²) in [7, 11) is -0.562. The summed E-state index contributed by atoms with van der Waals surface area (Å²) in [6, 6.07) is 12.5. The van der Waals surface area contributed by atoms with Crippen molar-refractivity contribution < 1.29 is 22.3 Å². The summed E-state index contributed by atoms with van der Waals surface area (Å²) >= 11 is 0. The van der Waals surface area contributed by atoms with E-state index in [4.69, 9.17) is 13.9 Å². The van der Waals surface area contributed by atoms with Gasteiger partial charge in [-0.25, -0.2) is 8.42 Å². The molecule has 0 aliphatic carbocycles. The molecule has 4 aromatic rings. The van der Waals surface area contributed by atoms with Crippen LogP contribution in [-0.2, 0) is 22.0 Å². The number of benzene rings is 1. The third kappa shape index (κ3) is 4.67. The number of hydrogen-bond donors (Lipinski definition) is 0. The summed E-state index contributed by atoms with van der Waals surface area (Å²) in [5.74, 6) is 1.60. The summed E-state index contributed by atoms with van der Waals surface area (Å²) < 4.78 is 45.0. The third-order valence-electron chi connectivity index (χ3n) is 5.51. The Kier molecular flexibility index (Phi) is 6.69. The molecule has 3 aromatic heterocycles. The molecule has 0 spiro atoms. The van der Waals surface area contributed by atoms with Crippen molar-refractivity contribution in [1.29, 1.82) is 0 Å². The van der Waals surface area contributed by atoms with Crippen LogP contribution in [0.5, 0.6) is 11.5 Å². The maximum atomic E-state index is 13.4. The van der Waals surface area contributed by atoms with Crippen LogP contribution in [0.1, 0.15) is 24.0 Å². The van der Waals surface area contributed by atoms with Gasteiger partial charge in [0.05, 0.1) is 25.7 Å². The Morgan fingerprint density at radius 2 is 1.76 bits per heavy atom. The van der Waals surface area contributed by atoms with Crippen LogP contribution in [0.4, 0.5) is 0 Å². The highest BCUT2D eigenvalue weighted by atomic mass is 32.2. The van der Waals surface area contributed by atoms with Crippen LogP contribution in [0.2, 0.25) is 0 Å². The molecule has 0 fully saturated rings. The second-order valence-corrected chi connectivity index (χ2v) is 10.3. The molecule has 3 heterocycles. The Morgan fingerprint density at radius 3 is 2.35 bits per heavy atom. The summed E-state index contributed by atoms with van der Waals surface area (Å²) in [6.45, 7) is 3.61. The Hall–Kier alpha value is -3.66. The molecule has 0 aliphatic heterocycles. The molecule has 0 radical (unpaired) electrons. The molecule has 0 saturated carbocycles. The molecule has 1 aromatic carbocycles. The van der Waals surface area contributed by atoms with Gasteiger partial charge in [-0.3, -0.25) is 9.55 Å². The van der Waals surface area contributed by atoms with E-state index in [0.717, 1.165) is 5.56 Å². The van der Waals surface area contributed by atoms with Crippen LogP contribution in [0.3, 0.4) is 0 Å². The summed E-state index contributed by atoms with van der Waals surface area (Å²) in [5, 5.41) is 7.81. The number of sulfone groups is 1. The van der Waals surface area contributed by atoms with E-state index in [-0.39, 0.29) is 11.6 Å². The van der Waals surface area contributed by atoms with E-state index in [1.54, 1.807) is 48.0 Å². The zero-order valence-corrected chi connectivity index (χ0v) is 20.2. The molecule has 0 unspecified atom stereocenters. The molecule has 0 amide bonds. The molecule has 0 saturated heterocycles. The number of rotatable bonds is 9. The van der Waals surface area contributed by atoms with Crippen molar-refractivity contribution in [3.63, 3.8) is 0 Å². The summed E-state index contributed by atoms with van der Waals surface area (Å²) in [6.07, 6.45) is 3.54.